The second-order valence-electron chi connectivity index (χ2n) is 8.86. The van der Waals surface area contributed by atoms with Gasteiger partial charge in [0, 0.05) is 36.8 Å². The Hall–Kier alpha value is -1.83. The molecule has 0 spiro atoms. The maximum Gasteiger partial charge on any atom is 0.416 e. The number of piperazine rings is 1. The molecule has 0 aromatic heterocycles. The van der Waals surface area contributed by atoms with Gasteiger partial charge in [0.1, 0.15) is 11.4 Å². The minimum Gasteiger partial charge on any atom is -0.444 e. The predicted octanol–water partition coefficient (Wildman–Crippen LogP) is 6.02. The number of nitrogens with zero attached hydrogens (tertiary/aromatic N) is 2. The van der Waals surface area contributed by atoms with Crippen molar-refractivity contribution in [3.05, 3.63) is 35.1 Å². The van der Waals surface area contributed by atoms with Gasteiger partial charge in [-0.3, -0.25) is 4.90 Å². The molecule has 4 nitrogen and oxygen atoms in total. The summed E-state index contributed by atoms with van der Waals surface area (Å²) in [6.07, 6.45) is -3.56. The van der Waals surface area contributed by atoms with E-state index in [2.05, 4.69) is 4.90 Å². The Kier molecular flexibility index (Phi) is 7.43. The van der Waals surface area contributed by atoms with Crippen LogP contribution in [0.1, 0.15) is 71.6 Å². The molecule has 0 N–H and O–H groups in total. The summed E-state index contributed by atoms with van der Waals surface area (Å²) in [5, 5.41) is 0. The molecular formula is C22H32F4N2O2. The number of halogens is 4. The quantitative estimate of drug-likeness (QED) is 0.546. The molecule has 1 aromatic carbocycles. The van der Waals surface area contributed by atoms with Gasteiger partial charge >= 0.3 is 12.3 Å². The first-order valence-electron chi connectivity index (χ1n) is 10.4. The van der Waals surface area contributed by atoms with E-state index in [0.29, 0.717) is 32.0 Å². The summed E-state index contributed by atoms with van der Waals surface area (Å²) in [5.41, 5.74) is -1.38. The molecule has 0 aliphatic carbocycles. The van der Waals surface area contributed by atoms with Gasteiger partial charge in [-0.1, -0.05) is 19.9 Å². The molecule has 0 bridgehead atoms. The van der Waals surface area contributed by atoms with Crippen molar-refractivity contribution in [1.82, 2.24) is 9.80 Å². The highest BCUT2D eigenvalue weighted by atomic mass is 19.4. The average molecular weight is 433 g/mol. The lowest BCUT2D eigenvalue weighted by atomic mass is 9.96. The molecule has 8 heteroatoms. The number of amides is 1. The average Bonchev–Trinajstić information content (AvgIpc) is 2.64. The third-order valence-corrected chi connectivity index (χ3v) is 5.58. The second kappa shape index (κ2) is 9.12. The first-order valence-corrected chi connectivity index (χ1v) is 10.4. The maximum absolute atomic E-state index is 14.6. The molecule has 1 aliphatic rings. The van der Waals surface area contributed by atoms with E-state index in [1.165, 1.54) is 6.07 Å². The van der Waals surface area contributed by atoms with Crippen LogP contribution in [0.15, 0.2) is 18.2 Å². The highest BCUT2D eigenvalue weighted by Gasteiger charge is 2.39. The number of alkyl halides is 3. The number of rotatable bonds is 4. The lowest BCUT2D eigenvalue weighted by molar-refractivity contribution is -0.137. The van der Waals surface area contributed by atoms with Crippen LogP contribution in [0.2, 0.25) is 0 Å². The molecule has 170 valence electrons. The Balaban J connectivity index is 2.26. The van der Waals surface area contributed by atoms with Crippen molar-refractivity contribution in [3.8, 4) is 0 Å². The van der Waals surface area contributed by atoms with E-state index >= 15 is 0 Å². The predicted molar refractivity (Wildman–Crippen MR) is 108 cm³/mol. The van der Waals surface area contributed by atoms with Gasteiger partial charge in [-0.25, -0.2) is 9.18 Å². The van der Waals surface area contributed by atoms with E-state index in [1.54, 1.807) is 11.8 Å². The summed E-state index contributed by atoms with van der Waals surface area (Å²) < 4.78 is 58.8. The third-order valence-electron chi connectivity index (χ3n) is 5.58. The molecule has 1 fully saturated rings. The molecule has 2 rings (SSSR count). The van der Waals surface area contributed by atoms with E-state index in [9.17, 15) is 22.4 Å². The standard InChI is InChI=1S/C22H32F4N2O2/c1-7-16-13-28(20(29)30-21(4,5)6)17(8-2)12-27(16)14(3)18-10-9-15(11-19(18)23)22(24,25)26/h9-11,14,16-17H,7-8,12-13H2,1-6H3/t14?,16-,17+/m1/s1. The summed E-state index contributed by atoms with van der Waals surface area (Å²) in [6.45, 7) is 12.1. The smallest absolute Gasteiger partial charge is 0.416 e. The largest absolute Gasteiger partial charge is 0.444 e. The van der Waals surface area contributed by atoms with Gasteiger partial charge < -0.3 is 9.64 Å². The lowest BCUT2D eigenvalue weighted by Crippen LogP contribution is -2.60. The highest BCUT2D eigenvalue weighted by molar-refractivity contribution is 5.69. The van der Waals surface area contributed by atoms with E-state index in [4.69, 9.17) is 4.74 Å². The number of benzene rings is 1. The van der Waals surface area contributed by atoms with Gasteiger partial charge in [0.25, 0.3) is 0 Å². The molecular weight excluding hydrogens is 400 g/mol. The molecule has 3 atom stereocenters. The molecule has 30 heavy (non-hydrogen) atoms. The normalized spacial score (nSPS) is 22.1. The SMILES string of the molecule is CC[C@H]1CN(C(C)c2ccc(C(F)(F)F)cc2F)[C@H](CC)CN1C(=O)OC(C)(C)C. The number of carbonyl (C=O) groups excluding carboxylic acids is 1. The van der Waals surface area contributed by atoms with Gasteiger partial charge in [0.05, 0.1) is 5.56 Å². The van der Waals surface area contributed by atoms with Gasteiger partial charge in [0.2, 0.25) is 0 Å². The van der Waals surface area contributed by atoms with Crippen molar-refractivity contribution in [2.45, 2.75) is 84.3 Å². The summed E-state index contributed by atoms with van der Waals surface area (Å²) in [6, 6.07) is 2.09. The number of carbonyl (C=O) groups is 1. The summed E-state index contributed by atoms with van der Waals surface area (Å²) in [5.74, 6) is -0.866. The van der Waals surface area contributed by atoms with Crippen LogP contribution in [0.3, 0.4) is 0 Å². The van der Waals surface area contributed by atoms with Gasteiger partial charge in [-0.15, -0.1) is 0 Å². The van der Waals surface area contributed by atoms with Crippen LogP contribution in [-0.4, -0.2) is 46.7 Å². The van der Waals surface area contributed by atoms with Gasteiger partial charge in [-0.05, 0) is 52.7 Å². The van der Waals surface area contributed by atoms with Crippen molar-refractivity contribution in [3.63, 3.8) is 0 Å². The molecule has 1 aromatic rings. The second-order valence-corrected chi connectivity index (χ2v) is 8.86. The fourth-order valence-electron chi connectivity index (χ4n) is 3.92. The van der Waals surface area contributed by atoms with E-state index in [1.807, 2.05) is 34.6 Å². The Morgan fingerprint density at radius 1 is 1.13 bits per heavy atom. The van der Waals surface area contributed by atoms with Crippen LogP contribution < -0.4 is 0 Å². The zero-order valence-electron chi connectivity index (χ0n) is 18.5. The van der Waals surface area contributed by atoms with E-state index in [-0.39, 0.29) is 23.7 Å². The van der Waals surface area contributed by atoms with Crippen molar-refractivity contribution in [1.29, 1.82) is 0 Å². The maximum atomic E-state index is 14.6. The van der Waals surface area contributed by atoms with Crippen LogP contribution in [-0.2, 0) is 10.9 Å². The monoisotopic (exact) mass is 432 g/mol. The third kappa shape index (κ3) is 5.65. The molecule has 0 radical (unpaired) electrons. The fourth-order valence-corrected chi connectivity index (χ4v) is 3.92. The first-order chi connectivity index (χ1) is 13.8. The fraction of sp³-hybridized carbons (Fsp3) is 0.682. The van der Waals surface area contributed by atoms with Crippen molar-refractivity contribution in [2.24, 2.45) is 0 Å². The van der Waals surface area contributed by atoms with Gasteiger partial charge in [-0.2, -0.15) is 13.2 Å². The molecule has 1 aliphatic heterocycles. The Bertz CT molecular complexity index is 746. The minimum atomic E-state index is -4.58. The molecule has 0 saturated carbocycles. The van der Waals surface area contributed by atoms with Crippen LogP contribution in [0.4, 0.5) is 22.4 Å². The van der Waals surface area contributed by atoms with Crippen molar-refractivity contribution < 1.29 is 27.1 Å². The zero-order valence-corrected chi connectivity index (χ0v) is 18.5. The zero-order chi connectivity index (χ0) is 22.9. The van der Waals surface area contributed by atoms with Crippen LogP contribution in [0.25, 0.3) is 0 Å². The lowest BCUT2D eigenvalue weighted by Gasteiger charge is -2.48. The van der Waals surface area contributed by atoms with Crippen LogP contribution in [0.5, 0.6) is 0 Å². The van der Waals surface area contributed by atoms with Crippen LogP contribution >= 0.6 is 0 Å². The number of hydrogen-bond donors (Lipinski definition) is 0. The molecule has 1 amide bonds. The summed E-state index contributed by atoms with van der Waals surface area (Å²) >= 11 is 0. The molecule has 1 saturated heterocycles. The number of ether oxygens (including phenoxy) is 1. The Morgan fingerprint density at radius 3 is 2.20 bits per heavy atom. The Labute approximate surface area is 176 Å². The Morgan fingerprint density at radius 2 is 1.73 bits per heavy atom. The van der Waals surface area contributed by atoms with Gasteiger partial charge in [0.15, 0.2) is 0 Å². The first kappa shape index (κ1) is 24.4. The summed E-state index contributed by atoms with van der Waals surface area (Å²) in [7, 11) is 0. The number of hydrogen-bond acceptors (Lipinski definition) is 3. The van der Waals surface area contributed by atoms with Crippen molar-refractivity contribution >= 4 is 6.09 Å². The van der Waals surface area contributed by atoms with Crippen molar-refractivity contribution in [2.75, 3.05) is 13.1 Å². The highest BCUT2D eigenvalue weighted by Crippen LogP contribution is 2.35. The molecule has 1 unspecified atom stereocenters. The molecule has 1 heterocycles. The van der Waals surface area contributed by atoms with E-state index in [0.717, 1.165) is 6.07 Å². The summed E-state index contributed by atoms with van der Waals surface area (Å²) in [4.78, 5) is 16.5. The van der Waals surface area contributed by atoms with Crippen LogP contribution in [0, 0.1) is 5.82 Å². The van der Waals surface area contributed by atoms with E-state index < -0.39 is 29.2 Å². The topological polar surface area (TPSA) is 32.8 Å². The minimum absolute atomic E-state index is 0.0583.